The van der Waals surface area contributed by atoms with E-state index in [0.717, 1.165) is 11.1 Å². The molecule has 126 valence electrons. The quantitative estimate of drug-likeness (QED) is 0.747. The predicted octanol–water partition coefficient (Wildman–Crippen LogP) is 4.33. The molecule has 1 heterocycles. The monoisotopic (exact) mass is 365 g/mol. The Morgan fingerprint density at radius 1 is 1.12 bits per heavy atom. The average molecular weight is 366 g/mol. The summed E-state index contributed by atoms with van der Waals surface area (Å²) < 4.78 is 34.5. The molecular weight excluding hydrogens is 350 g/mol. The number of halogens is 1. The first-order valence-corrected chi connectivity index (χ1v) is 9.40. The van der Waals surface area contributed by atoms with Gasteiger partial charge in [0.15, 0.2) is 15.6 Å². The van der Waals surface area contributed by atoms with Crippen LogP contribution >= 0.6 is 11.6 Å². The molecule has 1 N–H and O–H groups in total. The van der Waals surface area contributed by atoms with E-state index in [9.17, 15) is 8.42 Å². The molecule has 2 aromatic carbocycles. The van der Waals surface area contributed by atoms with Gasteiger partial charge in [-0.1, -0.05) is 11.6 Å². The second-order valence-corrected chi connectivity index (χ2v) is 7.88. The summed E-state index contributed by atoms with van der Waals surface area (Å²) in [6, 6.07) is 10.0. The standard InChI is InChI=1S/C17H16ClNO4S/c1-10-17(23-16-7-4-11(22-2)8-14(16)18)13-6-5-12(24(3,20)21)9-15(13)19-10/h4-9,19H,1-3H3. The maximum absolute atomic E-state index is 11.7. The maximum Gasteiger partial charge on any atom is 0.175 e. The fourth-order valence-corrected chi connectivity index (χ4v) is 3.31. The number of fused-ring (bicyclic) bond motifs is 1. The van der Waals surface area contributed by atoms with Crippen molar-refractivity contribution in [2.45, 2.75) is 11.8 Å². The first-order chi connectivity index (χ1) is 11.3. The number of sulfone groups is 1. The summed E-state index contributed by atoms with van der Waals surface area (Å²) in [5, 5.41) is 1.21. The Morgan fingerprint density at radius 2 is 1.88 bits per heavy atom. The number of aromatic amines is 1. The van der Waals surface area contributed by atoms with Gasteiger partial charge in [-0.3, -0.25) is 0 Å². The molecule has 7 heteroatoms. The van der Waals surface area contributed by atoms with Crippen LogP contribution in [0, 0.1) is 6.92 Å². The molecule has 0 saturated heterocycles. The summed E-state index contributed by atoms with van der Waals surface area (Å²) >= 11 is 6.22. The van der Waals surface area contributed by atoms with Crippen molar-refractivity contribution in [3.63, 3.8) is 0 Å². The van der Waals surface area contributed by atoms with Crippen LogP contribution in [0.1, 0.15) is 5.69 Å². The Bertz CT molecular complexity index is 1020. The normalized spacial score (nSPS) is 11.7. The van der Waals surface area contributed by atoms with Crippen molar-refractivity contribution in [1.29, 1.82) is 0 Å². The third kappa shape index (κ3) is 3.07. The Labute approximate surface area is 145 Å². The van der Waals surface area contributed by atoms with E-state index >= 15 is 0 Å². The molecule has 0 spiro atoms. The molecule has 3 rings (SSSR count). The highest BCUT2D eigenvalue weighted by atomic mass is 35.5. The van der Waals surface area contributed by atoms with Crippen LogP contribution in [-0.4, -0.2) is 26.8 Å². The summed E-state index contributed by atoms with van der Waals surface area (Å²) in [6.45, 7) is 1.85. The second-order valence-electron chi connectivity index (χ2n) is 5.46. The number of aryl methyl sites for hydroxylation is 1. The minimum Gasteiger partial charge on any atom is -0.497 e. The fourth-order valence-electron chi connectivity index (χ4n) is 2.45. The van der Waals surface area contributed by atoms with E-state index < -0.39 is 9.84 Å². The van der Waals surface area contributed by atoms with Crippen molar-refractivity contribution in [2.75, 3.05) is 13.4 Å². The topological polar surface area (TPSA) is 68.4 Å². The van der Waals surface area contributed by atoms with Crippen molar-refractivity contribution < 1.29 is 17.9 Å². The molecule has 3 aromatic rings. The molecule has 0 radical (unpaired) electrons. The number of H-pyrrole nitrogens is 1. The van der Waals surface area contributed by atoms with Crippen LogP contribution < -0.4 is 9.47 Å². The molecule has 5 nitrogen and oxygen atoms in total. The van der Waals surface area contributed by atoms with Gasteiger partial charge < -0.3 is 14.5 Å². The average Bonchev–Trinajstić information content (AvgIpc) is 2.83. The number of methoxy groups -OCH3 is 1. The number of aromatic nitrogens is 1. The molecule has 0 saturated carbocycles. The lowest BCUT2D eigenvalue weighted by Gasteiger charge is -2.09. The van der Waals surface area contributed by atoms with E-state index in [0.29, 0.717) is 27.8 Å². The van der Waals surface area contributed by atoms with E-state index in [-0.39, 0.29) is 4.90 Å². The molecule has 0 aliphatic carbocycles. The summed E-state index contributed by atoms with van der Waals surface area (Å²) in [4.78, 5) is 3.40. The zero-order chi connectivity index (χ0) is 17.5. The molecule has 0 atom stereocenters. The summed E-state index contributed by atoms with van der Waals surface area (Å²) in [6.07, 6.45) is 1.18. The lowest BCUT2D eigenvalue weighted by Crippen LogP contribution is -1.96. The van der Waals surface area contributed by atoms with Crippen LogP contribution in [0.25, 0.3) is 10.9 Å². The molecule has 1 aromatic heterocycles. The maximum atomic E-state index is 11.7. The summed E-state index contributed by atoms with van der Waals surface area (Å²) in [5.41, 5.74) is 1.47. The molecule has 0 aliphatic rings. The van der Waals surface area contributed by atoms with Gasteiger partial charge in [-0.05, 0) is 37.3 Å². The first kappa shape index (κ1) is 16.7. The zero-order valence-electron chi connectivity index (χ0n) is 13.4. The molecule has 0 fully saturated rings. The van der Waals surface area contributed by atoms with Gasteiger partial charge >= 0.3 is 0 Å². The number of rotatable bonds is 4. The Balaban J connectivity index is 2.05. The second kappa shape index (κ2) is 6.03. The Morgan fingerprint density at radius 3 is 2.50 bits per heavy atom. The van der Waals surface area contributed by atoms with Crippen LogP contribution in [0.15, 0.2) is 41.3 Å². The van der Waals surface area contributed by atoms with Crippen molar-refractivity contribution in [2.24, 2.45) is 0 Å². The molecule has 24 heavy (non-hydrogen) atoms. The molecule has 0 unspecified atom stereocenters. The summed E-state index contributed by atoms with van der Waals surface area (Å²) in [5.74, 6) is 1.74. The fraction of sp³-hybridized carbons (Fsp3) is 0.176. The van der Waals surface area contributed by atoms with Crippen molar-refractivity contribution in [3.8, 4) is 17.2 Å². The van der Waals surface area contributed by atoms with Gasteiger partial charge in [-0.25, -0.2) is 8.42 Å². The van der Waals surface area contributed by atoms with E-state index in [4.69, 9.17) is 21.1 Å². The SMILES string of the molecule is COc1ccc(Oc2c(C)[nH]c3cc(S(C)(=O)=O)ccc23)c(Cl)c1. The largest absolute Gasteiger partial charge is 0.497 e. The van der Waals surface area contributed by atoms with Gasteiger partial charge in [0.25, 0.3) is 0 Å². The highest BCUT2D eigenvalue weighted by Crippen LogP contribution is 2.38. The highest BCUT2D eigenvalue weighted by Gasteiger charge is 2.15. The smallest absolute Gasteiger partial charge is 0.175 e. The minimum atomic E-state index is -3.27. The van der Waals surface area contributed by atoms with Crippen molar-refractivity contribution >= 4 is 32.3 Å². The van der Waals surface area contributed by atoms with Gasteiger partial charge in [0.2, 0.25) is 0 Å². The van der Waals surface area contributed by atoms with Gasteiger partial charge in [-0.2, -0.15) is 0 Å². The Kier molecular flexibility index (Phi) is 4.19. The third-order valence-corrected chi connectivity index (χ3v) is 5.08. The lowest BCUT2D eigenvalue weighted by molar-refractivity contribution is 0.413. The molecule has 0 aliphatic heterocycles. The lowest BCUT2D eigenvalue weighted by atomic mass is 10.2. The van der Waals surface area contributed by atoms with E-state index in [1.807, 2.05) is 6.92 Å². The summed E-state index contributed by atoms with van der Waals surface area (Å²) in [7, 11) is -1.70. The van der Waals surface area contributed by atoms with Crippen molar-refractivity contribution in [1.82, 2.24) is 4.98 Å². The van der Waals surface area contributed by atoms with Gasteiger partial charge in [0.1, 0.15) is 11.5 Å². The zero-order valence-corrected chi connectivity index (χ0v) is 15.0. The number of hydrogen-bond donors (Lipinski definition) is 1. The van der Waals surface area contributed by atoms with Crippen LogP contribution in [-0.2, 0) is 9.84 Å². The van der Waals surface area contributed by atoms with Gasteiger partial charge in [-0.15, -0.1) is 0 Å². The predicted molar refractivity (Wildman–Crippen MR) is 94.2 cm³/mol. The van der Waals surface area contributed by atoms with Gasteiger partial charge in [0.05, 0.1) is 28.2 Å². The van der Waals surface area contributed by atoms with Crippen LogP contribution in [0.3, 0.4) is 0 Å². The van der Waals surface area contributed by atoms with Crippen LogP contribution in [0.5, 0.6) is 17.2 Å². The third-order valence-electron chi connectivity index (χ3n) is 3.68. The number of ether oxygens (including phenoxy) is 2. The number of benzene rings is 2. The van der Waals surface area contributed by atoms with Crippen LogP contribution in [0.4, 0.5) is 0 Å². The minimum absolute atomic E-state index is 0.255. The number of hydrogen-bond acceptors (Lipinski definition) is 4. The van der Waals surface area contributed by atoms with E-state index in [1.54, 1.807) is 43.5 Å². The van der Waals surface area contributed by atoms with Crippen molar-refractivity contribution in [3.05, 3.63) is 47.1 Å². The van der Waals surface area contributed by atoms with Gasteiger partial charge in [0, 0.05) is 17.7 Å². The van der Waals surface area contributed by atoms with E-state index in [1.165, 1.54) is 6.26 Å². The molecule has 0 amide bonds. The first-order valence-electron chi connectivity index (χ1n) is 7.13. The van der Waals surface area contributed by atoms with Crippen LogP contribution in [0.2, 0.25) is 5.02 Å². The number of nitrogens with one attached hydrogen (secondary N) is 1. The molecule has 0 bridgehead atoms. The highest BCUT2D eigenvalue weighted by molar-refractivity contribution is 7.90. The Hall–Kier alpha value is -2.18. The molecular formula is C17H16ClNO4S. The van der Waals surface area contributed by atoms with E-state index in [2.05, 4.69) is 4.98 Å².